The number of benzene rings is 1. The molecule has 2 heterocycles. The molecule has 20 heavy (non-hydrogen) atoms. The van der Waals surface area contributed by atoms with E-state index in [0.29, 0.717) is 0 Å². The summed E-state index contributed by atoms with van der Waals surface area (Å²) >= 11 is 0. The molecule has 1 aromatic carbocycles. The molecule has 0 saturated carbocycles. The first kappa shape index (κ1) is 11.9. The molecule has 0 atom stereocenters. The second kappa shape index (κ2) is 4.05. The van der Waals surface area contributed by atoms with Gasteiger partial charge in [0.2, 0.25) is 0 Å². The molecule has 104 valence electrons. The Morgan fingerprint density at radius 3 is 2.80 bits per heavy atom. The normalized spacial score (nSPS) is 20.6. The van der Waals surface area contributed by atoms with Crippen LogP contribution in [0.25, 0.3) is 0 Å². The van der Waals surface area contributed by atoms with Gasteiger partial charge in [-0.05, 0) is 61.1 Å². The van der Waals surface area contributed by atoms with Crippen molar-refractivity contribution in [3.05, 3.63) is 46.2 Å². The van der Waals surface area contributed by atoms with Gasteiger partial charge < -0.3 is 15.5 Å². The van der Waals surface area contributed by atoms with Gasteiger partial charge in [-0.2, -0.15) is 0 Å². The minimum absolute atomic E-state index is 0.917. The zero-order valence-electron chi connectivity index (χ0n) is 12.2. The van der Waals surface area contributed by atoms with Gasteiger partial charge in [0.25, 0.3) is 0 Å². The molecule has 0 fully saturated rings. The van der Waals surface area contributed by atoms with Crippen LogP contribution in [0.3, 0.4) is 0 Å². The van der Waals surface area contributed by atoms with Crippen LogP contribution < -0.4 is 10.6 Å². The van der Waals surface area contributed by atoms with Crippen LogP contribution in [0.2, 0.25) is 0 Å². The number of hydrogen-bond acceptors (Lipinski definition) is 3. The SMILES string of the molecule is CC1=CCCC2=C1CN1CN2Cc2c1ccc(N)c2C. The van der Waals surface area contributed by atoms with Crippen LogP contribution in [0, 0.1) is 6.92 Å². The molecular formula is C17H21N3. The van der Waals surface area contributed by atoms with Crippen molar-refractivity contribution in [2.24, 2.45) is 0 Å². The van der Waals surface area contributed by atoms with Crippen molar-refractivity contribution in [3.63, 3.8) is 0 Å². The summed E-state index contributed by atoms with van der Waals surface area (Å²) in [7, 11) is 0. The fraction of sp³-hybridized carbons (Fsp3) is 0.412. The van der Waals surface area contributed by atoms with Crippen molar-refractivity contribution < 1.29 is 0 Å². The molecular weight excluding hydrogens is 246 g/mol. The van der Waals surface area contributed by atoms with Crippen molar-refractivity contribution in [3.8, 4) is 0 Å². The number of nitrogens with zero attached hydrogens (tertiary/aromatic N) is 2. The van der Waals surface area contributed by atoms with Crippen LogP contribution in [0.1, 0.15) is 30.9 Å². The quantitative estimate of drug-likeness (QED) is 0.733. The molecule has 4 rings (SSSR count). The van der Waals surface area contributed by atoms with E-state index in [1.54, 1.807) is 11.3 Å². The molecule has 0 aromatic heterocycles. The van der Waals surface area contributed by atoms with Gasteiger partial charge in [0, 0.05) is 30.2 Å². The molecule has 0 saturated heterocycles. The predicted octanol–water partition coefficient (Wildman–Crippen LogP) is 3.16. The highest BCUT2D eigenvalue weighted by atomic mass is 15.4. The lowest BCUT2D eigenvalue weighted by molar-refractivity contribution is 0.289. The molecule has 0 spiro atoms. The smallest absolute Gasteiger partial charge is 0.0907 e. The molecule has 0 amide bonds. The molecule has 3 heteroatoms. The van der Waals surface area contributed by atoms with E-state index in [4.69, 9.17) is 5.73 Å². The molecule has 1 aromatic rings. The lowest BCUT2D eigenvalue weighted by atomic mass is 9.90. The summed E-state index contributed by atoms with van der Waals surface area (Å²) in [5.74, 6) is 0. The topological polar surface area (TPSA) is 32.5 Å². The standard InChI is InChI=1S/C17H21N3/c1-11-4-3-5-16-13(11)8-19-10-20(16)9-14-12(2)15(18)6-7-17(14)19/h4,6-7H,3,5,8-10,18H2,1-2H3. The number of hydrogen-bond donors (Lipinski definition) is 1. The minimum Gasteiger partial charge on any atom is -0.399 e. The third-order valence-electron chi connectivity index (χ3n) is 5.03. The highest BCUT2D eigenvalue weighted by Crippen LogP contribution is 2.41. The van der Waals surface area contributed by atoms with Crippen LogP contribution in [-0.4, -0.2) is 18.1 Å². The Balaban J connectivity index is 1.83. The molecule has 0 radical (unpaired) electrons. The van der Waals surface area contributed by atoms with Crippen LogP contribution in [0.5, 0.6) is 0 Å². The van der Waals surface area contributed by atoms with Crippen molar-refractivity contribution in [1.82, 2.24) is 4.90 Å². The van der Waals surface area contributed by atoms with E-state index in [-0.39, 0.29) is 0 Å². The molecule has 3 nitrogen and oxygen atoms in total. The third kappa shape index (κ3) is 1.52. The van der Waals surface area contributed by atoms with E-state index in [9.17, 15) is 0 Å². The number of nitrogens with two attached hydrogens (primary N) is 1. The first-order chi connectivity index (χ1) is 9.65. The Labute approximate surface area is 120 Å². The summed E-state index contributed by atoms with van der Waals surface area (Å²) < 4.78 is 0. The highest BCUT2D eigenvalue weighted by Gasteiger charge is 2.33. The van der Waals surface area contributed by atoms with Gasteiger partial charge in [0.05, 0.1) is 6.67 Å². The Kier molecular flexibility index (Phi) is 2.40. The lowest BCUT2D eigenvalue weighted by Crippen LogP contribution is -2.48. The largest absolute Gasteiger partial charge is 0.399 e. The molecule has 2 bridgehead atoms. The number of fused-ring (bicyclic) bond motifs is 5. The first-order valence-electron chi connectivity index (χ1n) is 7.42. The van der Waals surface area contributed by atoms with E-state index < -0.39 is 0 Å². The van der Waals surface area contributed by atoms with E-state index in [2.05, 4.69) is 41.9 Å². The number of allylic oxidation sites excluding steroid dienone is 2. The van der Waals surface area contributed by atoms with Crippen LogP contribution in [-0.2, 0) is 6.54 Å². The first-order valence-corrected chi connectivity index (χ1v) is 7.42. The average Bonchev–Trinajstić information content (AvgIpc) is 2.45. The number of anilines is 2. The van der Waals surface area contributed by atoms with Crippen LogP contribution in [0.4, 0.5) is 11.4 Å². The average molecular weight is 267 g/mol. The summed E-state index contributed by atoms with van der Waals surface area (Å²) in [5.41, 5.74) is 15.6. The van der Waals surface area contributed by atoms with Gasteiger partial charge in [-0.25, -0.2) is 0 Å². The second-order valence-corrected chi connectivity index (χ2v) is 6.17. The van der Waals surface area contributed by atoms with E-state index in [0.717, 1.165) is 25.4 Å². The van der Waals surface area contributed by atoms with Gasteiger partial charge in [0.1, 0.15) is 0 Å². The van der Waals surface area contributed by atoms with Gasteiger partial charge in [-0.3, -0.25) is 0 Å². The molecule has 0 unspecified atom stereocenters. The van der Waals surface area contributed by atoms with Gasteiger partial charge in [-0.15, -0.1) is 0 Å². The maximum absolute atomic E-state index is 6.09. The summed E-state index contributed by atoms with van der Waals surface area (Å²) in [6, 6.07) is 4.25. The van der Waals surface area contributed by atoms with Crippen LogP contribution in [0.15, 0.2) is 35.1 Å². The summed E-state index contributed by atoms with van der Waals surface area (Å²) in [4.78, 5) is 5.04. The number of nitrogen functional groups attached to an aromatic ring is 1. The van der Waals surface area contributed by atoms with E-state index in [1.807, 2.05) is 0 Å². The fourth-order valence-corrected chi connectivity index (χ4v) is 3.78. The van der Waals surface area contributed by atoms with E-state index >= 15 is 0 Å². The van der Waals surface area contributed by atoms with Gasteiger partial charge in [-0.1, -0.05) is 6.08 Å². The summed E-state index contributed by atoms with van der Waals surface area (Å²) in [6.45, 7) is 7.49. The zero-order valence-corrected chi connectivity index (χ0v) is 12.2. The Bertz CT molecular complexity index is 654. The second-order valence-electron chi connectivity index (χ2n) is 6.17. The van der Waals surface area contributed by atoms with E-state index in [1.165, 1.54) is 35.2 Å². The molecule has 2 aliphatic heterocycles. The van der Waals surface area contributed by atoms with Gasteiger partial charge in [0.15, 0.2) is 0 Å². The van der Waals surface area contributed by atoms with Crippen LogP contribution >= 0.6 is 0 Å². The lowest BCUT2D eigenvalue weighted by Gasteiger charge is -2.47. The minimum atomic E-state index is 0.917. The van der Waals surface area contributed by atoms with Crippen molar-refractivity contribution >= 4 is 11.4 Å². The molecule has 3 aliphatic rings. The predicted molar refractivity (Wildman–Crippen MR) is 83.4 cm³/mol. The maximum atomic E-state index is 6.09. The Morgan fingerprint density at radius 1 is 1.10 bits per heavy atom. The molecule has 2 N–H and O–H groups in total. The fourth-order valence-electron chi connectivity index (χ4n) is 3.78. The molecule has 1 aliphatic carbocycles. The van der Waals surface area contributed by atoms with Crippen molar-refractivity contribution in [2.75, 3.05) is 23.8 Å². The van der Waals surface area contributed by atoms with Crippen molar-refractivity contribution in [1.29, 1.82) is 0 Å². The third-order valence-corrected chi connectivity index (χ3v) is 5.03. The Morgan fingerprint density at radius 2 is 1.95 bits per heavy atom. The Hall–Kier alpha value is -1.90. The van der Waals surface area contributed by atoms with Gasteiger partial charge >= 0.3 is 0 Å². The maximum Gasteiger partial charge on any atom is 0.0907 e. The monoisotopic (exact) mass is 267 g/mol. The number of rotatable bonds is 0. The summed E-state index contributed by atoms with van der Waals surface area (Å²) in [6.07, 6.45) is 4.76. The highest BCUT2D eigenvalue weighted by molar-refractivity contribution is 5.67. The summed E-state index contributed by atoms with van der Waals surface area (Å²) in [5, 5.41) is 0. The zero-order chi connectivity index (χ0) is 13.9. The van der Waals surface area contributed by atoms with Crippen molar-refractivity contribution in [2.45, 2.75) is 33.2 Å².